The van der Waals surface area contributed by atoms with E-state index in [1.807, 2.05) is 20.8 Å². The van der Waals surface area contributed by atoms with E-state index in [1.165, 1.54) is 6.07 Å². The van der Waals surface area contributed by atoms with Crippen molar-refractivity contribution < 1.29 is 13.2 Å². The van der Waals surface area contributed by atoms with Gasteiger partial charge < -0.3 is 5.32 Å². The average molecular weight is 323 g/mol. The fourth-order valence-electron chi connectivity index (χ4n) is 2.32. The first-order valence-corrected chi connectivity index (χ1v) is 8.86. The Morgan fingerprint density at radius 3 is 2.64 bits per heavy atom. The number of hydrogen-bond acceptors (Lipinski definition) is 4. The third-order valence-electron chi connectivity index (χ3n) is 3.73. The first kappa shape index (κ1) is 16.5. The molecule has 1 aliphatic heterocycles. The Kier molecular flexibility index (Phi) is 4.85. The van der Waals surface area contributed by atoms with Gasteiger partial charge in [0.05, 0.1) is 4.90 Å². The third-order valence-corrected chi connectivity index (χ3v) is 5.13. The molecule has 0 radical (unpaired) electrons. The topological polar surface area (TPSA) is 87.6 Å². The quantitative estimate of drug-likeness (QED) is 0.855. The molecule has 1 heterocycles. The molecule has 1 aliphatic rings. The van der Waals surface area contributed by atoms with Crippen molar-refractivity contribution in [3.05, 3.63) is 29.8 Å². The van der Waals surface area contributed by atoms with Gasteiger partial charge in [0.1, 0.15) is 11.9 Å². The first-order valence-electron chi connectivity index (χ1n) is 7.38. The number of hydrogen-bond donors (Lipinski definition) is 2. The van der Waals surface area contributed by atoms with E-state index in [0.717, 1.165) is 6.42 Å². The third kappa shape index (κ3) is 3.14. The number of nitrogens with one attached hydrogen (secondary N) is 2. The second-order valence-corrected chi connectivity index (χ2v) is 6.96. The van der Waals surface area contributed by atoms with Crippen LogP contribution in [0.3, 0.4) is 0 Å². The lowest BCUT2D eigenvalue weighted by Gasteiger charge is -2.18. The number of aliphatic imine (C=N–C) groups is 1. The van der Waals surface area contributed by atoms with Crippen LogP contribution in [-0.2, 0) is 14.8 Å². The van der Waals surface area contributed by atoms with Crippen LogP contribution in [0.25, 0.3) is 0 Å². The molecule has 0 aliphatic carbocycles. The van der Waals surface area contributed by atoms with Crippen LogP contribution in [0.15, 0.2) is 34.2 Å². The molecule has 1 aromatic rings. The number of rotatable bonds is 5. The van der Waals surface area contributed by atoms with Gasteiger partial charge in [0.25, 0.3) is 10.0 Å². The molecular weight excluding hydrogens is 302 g/mol. The molecule has 22 heavy (non-hydrogen) atoms. The molecule has 0 spiro atoms. The lowest BCUT2D eigenvalue weighted by molar-refractivity contribution is -0.123. The molecule has 7 heteroatoms. The van der Waals surface area contributed by atoms with E-state index in [0.29, 0.717) is 12.1 Å². The second kappa shape index (κ2) is 6.48. The zero-order valence-electron chi connectivity index (χ0n) is 13.0. The molecule has 0 saturated carbocycles. The maximum atomic E-state index is 12.2. The molecule has 2 atom stereocenters. The standard InChI is InChI=1S/C15H21N3O3S/c1-4-10(3)13(15(19)16-5-2)17-14-11-8-6-7-9-12(11)22(20,21)18-14/h6-10,13H,4-5H2,1-3H3,(H,16,19)(H,17,18)/t10-,13-/m0/s1. The van der Waals surface area contributed by atoms with Gasteiger partial charge in [-0.15, -0.1) is 0 Å². The number of amidine groups is 1. The molecule has 0 aromatic heterocycles. The Morgan fingerprint density at radius 2 is 2.00 bits per heavy atom. The summed E-state index contributed by atoms with van der Waals surface area (Å²) in [4.78, 5) is 16.8. The molecule has 0 saturated heterocycles. The van der Waals surface area contributed by atoms with E-state index in [1.54, 1.807) is 18.2 Å². The highest BCUT2D eigenvalue weighted by molar-refractivity contribution is 7.90. The summed E-state index contributed by atoms with van der Waals surface area (Å²) in [6, 6.07) is 6.02. The van der Waals surface area contributed by atoms with Gasteiger partial charge in [-0.2, -0.15) is 0 Å². The summed E-state index contributed by atoms with van der Waals surface area (Å²) in [5.41, 5.74) is 0.514. The summed E-state index contributed by atoms with van der Waals surface area (Å²) in [5.74, 6) is 0.0661. The average Bonchev–Trinajstić information content (AvgIpc) is 2.76. The van der Waals surface area contributed by atoms with Crippen molar-refractivity contribution in [1.82, 2.24) is 10.0 Å². The fraction of sp³-hybridized carbons (Fsp3) is 0.467. The van der Waals surface area contributed by atoms with Crippen LogP contribution in [0.1, 0.15) is 32.8 Å². The first-order chi connectivity index (χ1) is 10.4. The van der Waals surface area contributed by atoms with Crippen molar-refractivity contribution in [3.8, 4) is 0 Å². The normalized spacial score (nSPS) is 20.0. The van der Waals surface area contributed by atoms with Crippen molar-refractivity contribution in [1.29, 1.82) is 0 Å². The summed E-state index contributed by atoms with van der Waals surface area (Å²) in [7, 11) is -3.58. The number of fused-ring (bicyclic) bond motifs is 1. The Balaban J connectivity index is 2.44. The summed E-state index contributed by atoms with van der Waals surface area (Å²) >= 11 is 0. The Bertz CT molecular complexity index is 698. The minimum absolute atomic E-state index is 0.0105. The van der Waals surface area contributed by atoms with Gasteiger partial charge in [-0.3, -0.25) is 14.5 Å². The van der Waals surface area contributed by atoms with Crippen LogP contribution in [0.5, 0.6) is 0 Å². The van der Waals surface area contributed by atoms with Crippen molar-refractivity contribution in [2.75, 3.05) is 6.54 Å². The molecule has 2 N–H and O–H groups in total. The minimum Gasteiger partial charge on any atom is -0.355 e. The van der Waals surface area contributed by atoms with Gasteiger partial charge >= 0.3 is 0 Å². The molecule has 0 bridgehead atoms. The number of nitrogens with zero attached hydrogens (tertiary/aromatic N) is 1. The van der Waals surface area contributed by atoms with Crippen LogP contribution in [0.2, 0.25) is 0 Å². The van der Waals surface area contributed by atoms with Gasteiger partial charge in [-0.1, -0.05) is 32.4 Å². The van der Waals surface area contributed by atoms with E-state index < -0.39 is 16.1 Å². The molecule has 6 nitrogen and oxygen atoms in total. The lowest BCUT2D eigenvalue weighted by atomic mass is 9.98. The van der Waals surface area contributed by atoms with Crippen molar-refractivity contribution in [2.24, 2.45) is 10.9 Å². The van der Waals surface area contributed by atoms with Gasteiger partial charge in [0, 0.05) is 12.1 Å². The minimum atomic E-state index is -3.58. The van der Waals surface area contributed by atoms with E-state index in [9.17, 15) is 13.2 Å². The molecule has 0 fully saturated rings. The van der Waals surface area contributed by atoms with Crippen LogP contribution in [0.4, 0.5) is 0 Å². The monoisotopic (exact) mass is 323 g/mol. The van der Waals surface area contributed by atoms with Crippen molar-refractivity contribution in [3.63, 3.8) is 0 Å². The molecule has 1 amide bonds. The van der Waals surface area contributed by atoms with Gasteiger partial charge in [0.2, 0.25) is 5.91 Å². The molecule has 1 aromatic carbocycles. The zero-order valence-corrected chi connectivity index (χ0v) is 13.8. The molecule has 120 valence electrons. The van der Waals surface area contributed by atoms with Crippen molar-refractivity contribution in [2.45, 2.75) is 38.1 Å². The number of amides is 1. The van der Waals surface area contributed by atoms with E-state index in [2.05, 4.69) is 15.0 Å². The van der Waals surface area contributed by atoms with E-state index in [-0.39, 0.29) is 22.6 Å². The highest BCUT2D eigenvalue weighted by atomic mass is 32.2. The van der Waals surface area contributed by atoms with Crippen LogP contribution in [-0.4, -0.2) is 32.7 Å². The molecule has 0 unspecified atom stereocenters. The summed E-state index contributed by atoms with van der Waals surface area (Å²) in [5, 5.41) is 2.76. The molecular formula is C15H21N3O3S. The highest BCUT2D eigenvalue weighted by Crippen LogP contribution is 2.23. The zero-order chi connectivity index (χ0) is 16.3. The predicted molar refractivity (Wildman–Crippen MR) is 85.2 cm³/mol. The van der Waals surface area contributed by atoms with Crippen LogP contribution >= 0.6 is 0 Å². The maximum Gasteiger partial charge on any atom is 0.263 e. The SMILES string of the molecule is CCNC(=O)[C@@H](N=C1NS(=O)(=O)c2ccccc21)[C@@H](C)CC. The number of benzene rings is 1. The van der Waals surface area contributed by atoms with Gasteiger partial charge in [0.15, 0.2) is 0 Å². The number of likely N-dealkylation sites (N-methyl/N-ethyl adjacent to an activating group) is 1. The van der Waals surface area contributed by atoms with Crippen LogP contribution < -0.4 is 10.0 Å². The summed E-state index contributed by atoms with van der Waals surface area (Å²) in [6.45, 7) is 6.26. The van der Waals surface area contributed by atoms with Crippen molar-refractivity contribution >= 4 is 21.8 Å². The van der Waals surface area contributed by atoms with Gasteiger partial charge in [-0.25, -0.2) is 8.42 Å². The highest BCUT2D eigenvalue weighted by Gasteiger charge is 2.32. The number of carbonyl (C=O) groups is 1. The largest absolute Gasteiger partial charge is 0.355 e. The fourth-order valence-corrected chi connectivity index (χ4v) is 3.55. The van der Waals surface area contributed by atoms with Crippen LogP contribution in [0, 0.1) is 5.92 Å². The number of sulfonamides is 1. The maximum absolute atomic E-state index is 12.2. The Hall–Kier alpha value is -1.89. The second-order valence-electron chi connectivity index (χ2n) is 5.30. The van der Waals surface area contributed by atoms with E-state index >= 15 is 0 Å². The Labute approximate surface area is 131 Å². The smallest absolute Gasteiger partial charge is 0.263 e. The Morgan fingerprint density at radius 1 is 1.32 bits per heavy atom. The number of carbonyl (C=O) groups excluding carboxylic acids is 1. The summed E-state index contributed by atoms with van der Waals surface area (Å²) < 4.78 is 26.6. The lowest BCUT2D eigenvalue weighted by Crippen LogP contribution is -2.39. The predicted octanol–water partition coefficient (Wildman–Crippen LogP) is 1.28. The van der Waals surface area contributed by atoms with Gasteiger partial charge in [-0.05, 0) is 25.0 Å². The summed E-state index contributed by atoms with van der Waals surface area (Å²) in [6.07, 6.45) is 0.771. The van der Waals surface area contributed by atoms with E-state index in [4.69, 9.17) is 0 Å². The molecule has 2 rings (SSSR count).